The first-order valence-corrected chi connectivity index (χ1v) is 6.99. The van der Waals surface area contributed by atoms with Gasteiger partial charge in [0, 0.05) is 16.2 Å². The average Bonchev–Trinajstić information content (AvgIpc) is 2.36. The van der Waals surface area contributed by atoms with Crippen molar-refractivity contribution in [1.82, 2.24) is 0 Å². The fourth-order valence-electron chi connectivity index (χ4n) is 1.72. The molecular weight excluding hydrogens is 264 g/mol. The zero-order valence-electron chi connectivity index (χ0n) is 10.0. The summed E-state index contributed by atoms with van der Waals surface area (Å²) in [4.78, 5) is 11.9. The number of aryl methyl sites for hydroxylation is 1. The average molecular weight is 277 g/mol. The molecule has 92 valence electrons. The Labute approximate surface area is 116 Å². The van der Waals surface area contributed by atoms with Crippen LogP contribution in [0.3, 0.4) is 0 Å². The molecule has 0 aliphatic carbocycles. The Kier molecular flexibility index (Phi) is 4.45. The second-order valence-electron chi connectivity index (χ2n) is 4.05. The smallest absolute Gasteiger partial charge is 0.152 e. The van der Waals surface area contributed by atoms with E-state index in [0.29, 0.717) is 10.6 Å². The van der Waals surface area contributed by atoms with Crippen molar-refractivity contribution in [2.75, 3.05) is 0 Å². The Balaban J connectivity index is 2.15. The highest BCUT2D eigenvalue weighted by Gasteiger charge is 2.06. The van der Waals surface area contributed by atoms with E-state index < -0.39 is 0 Å². The molecule has 3 heteroatoms. The van der Waals surface area contributed by atoms with Gasteiger partial charge >= 0.3 is 0 Å². The Morgan fingerprint density at radius 1 is 1.22 bits per heavy atom. The molecule has 0 aliphatic rings. The molecule has 2 rings (SSSR count). The van der Waals surface area contributed by atoms with Crippen LogP contribution in [-0.2, 0) is 5.75 Å². The van der Waals surface area contributed by atoms with Crippen molar-refractivity contribution in [1.29, 1.82) is 0 Å². The monoisotopic (exact) mass is 276 g/mol. The first kappa shape index (κ1) is 13.2. The van der Waals surface area contributed by atoms with E-state index in [0.717, 1.165) is 16.9 Å². The number of benzene rings is 2. The maximum absolute atomic E-state index is 11.0. The molecule has 2 aromatic carbocycles. The molecule has 0 atom stereocenters. The third-order valence-electron chi connectivity index (χ3n) is 2.61. The molecule has 0 saturated heterocycles. The maximum Gasteiger partial charge on any atom is 0.152 e. The quantitative estimate of drug-likeness (QED) is 0.592. The lowest BCUT2D eigenvalue weighted by atomic mass is 10.2. The third-order valence-corrected chi connectivity index (χ3v) is 4.08. The van der Waals surface area contributed by atoms with Gasteiger partial charge in [-0.15, -0.1) is 11.8 Å². The van der Waals surface area contributed by atoms with E-state index in [1.165, 1.54) is 11.1 Å². The highest BCUT2D eigenvalue weighted by atomic mass is 35.5. The molecule has 0 spiro atoms. The van der Waals surface area contributed by atoms with Gasteiger partial charge in [0.25, 0.3) is 0 Å². The summed E-state index contributed by atoms with van der Waals surface area (Å²) in [7, 11) is 0. The molecule has 0 aliphatic heterocycles. The van der Waals surface area contributed by atoms with Gasteiger partial charge < -0.3 is 0 Å². The van der Waals surface area contributed by atoms with Gasteiger partial charge in [-0.2, -0.15) is 0 Å². The van der Waals surface area contributed by atoms with E-state index in [9.17, 15) is 4.79 Å². The number of aldehydes is 1. The first-order chi connectivity index (χ1) is 8.70. The number of carbonyl (C=O) groups excluding carboxylic acids is 1. The highest BCUT2D eigenvalue weighted by Crippen LogP contribution is 2.29. The highest BCUT2D eigenvalue weighted by molar-refractivity contribution is 7.98. The molecule has 1 nitrogen and oxygen atoms in total. The van der Waals surface area contributed by atoms with Crippen molar-refractivity contribution >= 4 is 29.6 Å². The van der Waals surface area contributed by atoms with Gasteiger partial charge in [-0.1, -0.05) is 47.5 Å². The lowest BCUT2D eigenvalue weighted by Gasteiger charge is -2.06. The van der Waals surface area contributed by atoms with Crippen LogP contribution in [0.25, 0.3) is 0 Å². The van der Waals surface area contributed by atoms with Crippen LogP contribution < -0.4 is 0 Å². The second-order valence-corrected chi connectivity index (χ2v) is 5.47. The van der Waals surface area contributed by atoms with Crippen LogP contribution in [-0.4, -0.2) is 6.29 Å². The molecule has 0 heterocycles. The molecule has 0 bridgehead atoms. The largest absolute Gasteiger partial charge is 0.298 e. The molecule has 0 unspecified atom stereocenters. The van der Waals surface area contributed by atoms with Gasteiger partial charge in [0.15, 0.2) is 6.29 Å². The van der Waals surface area contributed by atoms with E-state index in [1.54, 1.807) is 17.8 Å². The zero-order valence-corrected chi connectivity index (χ0v) is 11.6. The molecule has 0 amide bonds. The van der Waals surface area contributed by atoms with Crippen molar-refractivity contribution in [2.24, 2.45) is 0 Å². The van der Waals surface area contributed by atoms with E-state index in [2.05, 4.69) is 25.1 Å². The summed E-state index contributed by atoms with van der Waals surface area (Å²) in [5.41, 5.74) is 3.07. The van der Waals surface area contributed by atoms with Crippen molar-refractivity contribution in [3.8, 4) is 0 Å². The lowest BCUT2D eigenvalue weighted by Crippen LogP contribution is -1.88. The minimum Gasteiger partial charge on any atom is -0.298 e. The summed E-state index contributed by atoms with van der Waals surface area (Å²) in [5, 5.41) is 0.513. The summed E-state index contributed by atoms with van der Waals surface area (Å²) in [6.07, 6.45) is 0.820. The summed E-state index contributed by atoms with van der Waals surface area (Å²) in [6, 6.07) is 13.9. The minimum absolute atomic E-state index is 0.513. The fraction of sp³-hybridized carbons (Fsp3) is 0.133. The standard InChI is InChI=1S/C15H13ClOS/c1-11-4-2-5-12(8-11)10-18-15-7-3-6-14(16)13(15)9-17/h2-9H,10H2,1H3. The van der Waals surface area contributed by atoms with E-state index >= 15 is 0 Å². The summed E-state index contributed by atoms with van der Waals surface area (Å²) < 4.78 is 0. The van der Waals surface area contributed by atoms with Gasteiger partial charge in [-0.25, -0.2) is 0 Å². The predicted octanol–water partition coefficient (Wildman–Crippen LogP) is 4.75. The van der Waals surface area contributed by atoms with Gasteiger partial charge in [-0.05, 0) is 24.6 Å². The number of hydrogen-bond acceptors (Lipinski definition) is 2. The summed E-state index contributed by atoms with van der Waals surface area (Å²) >= 11 is 7.62. The molecule has 0 saturated carbocycles. The van der Waals surface area contributed by atoms with E-state index in [4.69, 9.17) is 11.6 Å². The van der Waals surface area contributed by atoms with E-state index in [1.807, 2.05) is 18.2 Å². The van der Waals surface area contributed by atoms with Gasteiger partial charge in [0.2, 0.25) is 0 Å². The van der Waals surface area contributed by atoms with Gasteiger partial charge in [0.05, 0.1) is 5.02 Å². The topological polar surface area (TPSA) is 17.1 Å². The summed E-state index contributed by atoms with van der Waals surface area (Å²) in [5.74, 6) is 0.836. The Morgan fingerprint density at radius 2 is 2.00 bits per heavy atom. The number of thioether (sulfide) groups is 1. The maximum atomic E-state index is 11.0. The number of carbonyl (C=O) groups is 1. The van der Waals surface area contributed by atoms with Crippen molar-refractivity contribution < 1.29 is 4.79 Å². The zero-order chi connectivity index (χ0) is 13.0. The SMILES string of the molecule is Cc1cccc(CSc2cccc(Cl)c2C=O)c1. The molecule has 0 aromatic heterocycles. The minimum atomic E-state index is 0.513. The Hall–Kier alpha value is -1.25. The number of hydrogen-bond donors (Lipinski definition) is 0. The van der Waals surface area contributed by atoms with Crippen LogP contribution in [0.15, 0.2) is 47.4 Å². The van der Waals surface area contributed by atoms with Crippen molar-refractivity contribution in [3.63, 3.8) is 0 Å². The molecule has 0 N–H and O–H groups in total. The Bertz CT molecular complexity index is 566. The van der Waals surface area contributed by atoms with Crippen LogP contribution in [0, 0.1) is 6.92 Å². The van der Waals surface area contributed by atoms with Crippen LogP contribution in [0.5, 0.6) is 0 Å². The number of rotatable bonds is 4. The van der Waals surface area contributed by atoms with Gasteiger partial charge in [0.1, 0.15) is 0 Å². The summed E-state index contributed by atoms with van der Waals surface area (Å²) in [6.45, 7) is 2.07. The van der Waals surface area contributed by atoms with Crippen molar-refractivity contribution in [3.05, 3.63) is 64.2 Å². The van der Waals surface area contributed by atoms with Crippen LogP contribution in [0.4, 0.5) is 0 Å². The normalized spacial score (nSPS) is 10.3. The predicted molar refractivity (Wildman–Crippen MR) is 77.6 cm³/mol. The third kappa shape index (κ3) is 3.15. The molecular formula is C15H13ClOS. The number of halogens is 1. The fourth-order valence-corrected chi connectivity index (χ4v) is 2.99. The van der Waals surface area contributed by atoms with Crippen LogP contribution >= 0.6 is 23.4 Å². The second kappa shape index (κ2) is 6.07. The van der Waals surface area contributed by atoms with Crippen LogP contribution in [0.1, 0.15) is 21.5 Å². The van der Waals surface area contributed by atoms with Crippen molar-refractivity contribution in [2.45, 2.75) is 17.6 Å². The van der Waals surface area contributed by atoms with Gasteiger partial charge in [-0.3, -0.25) is 4.79 Å². The molecule has 0 radical (unpaired) electrons. The molecule has 18 heavy (non-hydrogen) atoms. The first-order valence-electron chi connectivity index (χ1n) is 5.63. The molecule has 0 fully saturated rings. The van der Waals surface area contributed by atoms with E-state index in [-0.39, 0.29) is 0 Å². The van der Waals surface area contributed by atoms with Crippen LogP contribution in [0.2, 0.25) is 5.02 Å². The molecule has 2 aromatic rings. The Morgan fingerprint density at radius 3 is 2.72 bits per heavy atom. The lowest BCUT2D eigenvalue weighted by molar-refractivity contribution is 0.112.